The van der Waals surface area contributed by atoms with Gasteiger partial charge in [-0.05, 0) is 18.3 Å². The van der Waals surface area contributed by atoms with E-state index >= 15 is 0 Å². The topological polar surface area (TPSA) is 63.7 Å². The smallest absolute Gasteiger partial charge is 0.321 e. The van der Waals surface area contributed by atoms with Crippen LogP contribution in [0.5, 0.6) is 0 Å². The number of hydrogen-bond donors (Lipinski definition) is 0. The van der Waals surface area contributed by atoms with E-state index in [2.05, 4.69) is 4.74 Å². The minimum Gasteiger partial charge on any atom is -0.468 e. The monoisotopic (exact) mass is 291 g/mol. The van der Waals surface area contributed by atoms with Crippen molar-refractivity contribution >= 4 is 16.0 Å². The van der Waals surface area contributed by atoms with Crippen molar-refractivity contribution in [1.82, 2.24) is 4.31 Å². The Balaban J connectivity index is 2.91. The fourth-order valence-corrected chi connectivity index (χ4v) is 4.70. The summed E-state index contributed by atoms with van der Waals surface area (Å²) in [5.41, 5.74) is -0.328. The van der Waals surface area contributed by atoms with E-state index in [4.69, 9.17) is 0 Å². The van der Waals surface area contributed by atoms with Crippen molar-refractivity contribution in [2.45, 2.75) is 52.5 Å². The summed E-state index contributed by atoms with van der Waals surface area (Å²) in [7, 11) is -2.15. The lowest BCUT2D eigenvalue weighted by Crippen LogP contribution is -2.45. The van der Waals surface area contributed by atoms with Gasteiger partial charge in [-0.2, -0.15) is 4.31 Å². The number of methoxy groups -OCH3 is 1. The average molecular weight is 291 g/mol. The molecule has 0 aromatic carbocycles. The number of carbonyl (C=O) groups excluding carboxylic acids is 1. The zero-order chi connectivity index (χ0) is 14.7. The maximum absolute atomic E-state index is 12.5. The van der Waals surface area contributed by atoms with Crippen LogP contribution in [0, 0.1) is 5.41 Å². The van der Waals surface area contributed by atoms with Crippen molar-refractivity contribution in [1.29, 1.82) is 0 Å². The highest BCUT2D eigenvalue weighted by Gasteiger charge is 2.36. The van der Waals surface area contributed by atoms with E-state index < -0.39 is 16.0 Å². The zero-order valence-electron chi connectivity index (χ0n) is 12.3. The first kappa shape index (κ1) is 16.4. The van der Waals surface area contributed by atoms with Gasteiger partial charge in [-0.25, -0.2) is 8.42 Å². The highest BCUT2D eigenvalue weighted by atomic mass is 32.2. The molecule has 1 aliphatic rings. The number of nitrogens with zero attached hydrogens (tertiary/aromatic N) is 1. The van der Waals surface area contributed by atoms with E-state index in [1.165, 1.54) is 11.4 Å². The van der Waals surface area contributed by atoms with Gasteiger partial charge in [0.2, 0.25) is 10.0 Å². The molecule has 1 saturated carbocycles. The molecule has 0 unspecified atom stereocenters. The van der Waals surface area contributed by atoms with Crippen LogP contribution in [-0.4, -0.2) is 44.1 Å². The predicted octanol–water partition coefficient (Wildman–Crippen LogP) is 1.78. The van der Waals surface area contributed by atoms with Gasteiger partial charge in [-0.3, -0.25) is 4.79 Å². The molecular formula is C13H25NO4S. The Bertz CT molecular complexity index is 405. The minimum absolute atomic E-state index is 0.0491. The van der Waals surface area contributed by atoms with Crippen LogP contribution in [0.1, 0.15) is 46.5 Å². The molecule has 6 heteroatoms. The van der Waals surface area contributed by atoms with Gasteiger partial charge in [0, 0.05) is 6.04 Å². The van der Waals surface area contributed by atoms with Gasteiger partial charge >= 0.3 is 5.97 Å². The fraction of sp³-hybridized carbons (Fsp3) is 0.923. The van der Waals surface area contributed by atoms with Gasteiger partial charge in [0.25, 0.3) is 0 Å². The van der Waals surface area contributed by atoms with Gasteiger partial charge in [0.15, 0.2) is 0 Å². The highest BCUT2D eigenvalue weighted by Crippen LogP contribution is 2.28. The summed E-state index contributed by atoms with van der Waals surface area (Å²) in [6, 6.07) is -0.0496. The van der Waals surface area contributed by atoms with Crippen molar-refractivity contribution in [3.05, 3.63) is 0 Å². The number of esters is 1. The number of ether oxygens (including phenoxy) is 1. The molecule has 5 nitrogen and oxygen atoms in total. The van der Waals surface area contributed by atoms with Crippen molar-refractivity contribution in [2.24, 2.45) is 5.41 Å². The maximum atomic E-state index is 12.5. The van der Waals surface area contributed by atoms with E-state index in [0.717, 1.165) is 25.7 Å². The molecule has 0 aromatic heterocycles. The molecule has 0 spiro atoms. The van der Waals surface area contributed by atoms with Crippen LogP contribution >= 0.6 is 0 Å². The summed E-state index contributed by atoms with van der Waals surface area (Å²) < 4.78 is 31.0. The molecule has 1 aliphatic carbocycles. The SMILES string of the molecule is COC(=O)CN(C1CCCC1)S(=O)(=O)CC(C)(C)C. The molecule has 0 atom stereocenters. The molecule has 0 aromatic rings. The third-order valence-electron chi connectivity index (χ3n) is 3.22. The van der Waals surface area contributed by atoms with Gasteiger partial charge in [-0.15, -0.1) is 0 Å². The Hall–Kier alpha value is -0.620. The van der Waals surface area contributed by atoms with Crippen molar-refractivity contribution in [2.75, 3.05) is 19.4 Å². The molecule has 1 rings (SSSR count). The fourth-order valence-electron chi connectivity index (χ4n) is 2.47. The summed E-state index contributed by atoms with van der Waals surface area (Å²) in [5, 5.41) is 0. The molecule has 0 heterocycles. The van der Waals surface area contributed by atoms with Crippen LogP contribution in [0.4, 0.5) is 0 Å². The number of sulfonamides is 1. The first-order valence-corrected chi connectivity index (χ1v) is 8.33. The third kappa shape index (κ3) is 5.10. The summed E-state index contributed by atoms with van der Waals surface area (Å²) in [4.78, 5) is 11.5. The molecule has 0 aliphatic heterocycles. The largest absolute Gasteiger partial charge is 0.468 e. The summed E-state index contributed by atoms with van der Waals surface area (Å²) >= 11 is 0. The van der Waals surface area contributed by atoms with Crippen LogP contribution in [0.3, 0.4) is 0 Å². The quantitative estimate of drug-likeness (QED) is 0.724. The van der Waals surface area contributed by atoms with Crippen LogP contribution in [0.25, 0.3) is 0 Å². The third-order valence-corrected chi connectivity index (χ3v) is 5.59. The van der Waals surface area contributed by atoms with E-state index in [1.54, 1.807) is 0 Å². The van der Waals surface area contributed by atoms with Crippen LogP contribution in [-0.2, 0) is 19.6 Å². The van der Waals surface area contributed by atoms with Crippen molar-refractivity contribution in [3.8, 4) is 0 Å². The minimum atomic E-state index is -3.44. The summed E-state index contributed by atoms with van der Waals surface area (Å²) in [5.74, 6) is -0.447. The first-order valence-electron chi connectivity index (χ1n) is 6.72. The Kier molecular flexibility index (Phi) is 5.38. The second-order valence-corrected chi connectivity index (χ2v) is 8.30. The maximum Gasteiger partial charge on any atom is 0.321 e. The van der Waals surface area contributed by atoms with Gasteiger partial charge in [0.05, 0.1) is 12.9 Å². The van der Waals surface area contributed by atoms with Crippen LogP contribution in [0.15, 0.2) is 0 Å². The van der Waals surface area contributed by atoms with Crippen molar-refractivity contribution in [3.63, 3.8) is 0 Å². The summed E-state index contributed by atoms with van der Waals surface area (Å²) in [6.45, 7) is 5.49. The molecule has 0 bridgehead atoms. The van der Waals surface area contributed by atoms with Crippen molar-refractivity contribution < 1.29 is 17.9 Å². The van der Waals surface area contributed by atoms with E-state index in [1.807, 2.05) is 20.8 Å². The lowest BCUT2D eigenvalue weighted by atomic mass is 10.0. The number of carbonyl (C=O) groups is 1. The van der Waals surface area contributed by atoms with Gasteiger partial charge in [-0.1, -0.05) is 33.6 Å². The summed E-state index contributed by atoms with van der Waals surface area (Å²) in [6.07, 6.45) is 3.71. The van der Waals surface area contributed by atoms with E-state index in [0.29, 0.717) is 0 Å². The molecule has 0 radical (unpaired) electrons. The number of rotatable bonds is 5. The molecule has 1 fully saturated rings. The van der Waals surface area contributed by atoms with Crippen LogP contribution in [0.2, 0.25) is 0 Å². The Labute approximate surface area is 116 Å². The molecule has 112 valence electrons. The average Bonchev–Trinajstić information content (AvgIpc) is 2.74. The van der Waals surface area contributed by atoms with Gasteiger partial charge < -0.3 is 4.74 Å². The Morgan fingerprint density at radius 1 is 1.26 bits per heavy atom. The van der Waals surface area contributed by atoms with Gasteiger partial charge in [0.1, 0.15) is 6.54 Å². The van der Waals surface area contributed by atoms with E-state index in [9.17, 15) is 13.2 Å². The second kappa shape index (κ2) is 6.22. The Morgan fingerprint density at radius 3 is 2.21 bits per heavy atom. The highest BCUT2D eigenvalue weighted by molar-refractivity contribution is 7.89. The molecule has 0 N–H and O–H groups in total. The zero-order valence-corrected chi connectivity index (χ0v) is 13.1. The molecule has 0 saturated heterocycles. The van der Waals surface area contributed by atoms with Crippen LogP contribution < -0.4 is 0 Å². The molecule has 0 amide bonds. The second-order valence-electron chi connectivity index (χ2n) is 6.38. The van der Waals surface area contributed by atoms with E-state index in [-0.39, 0.29) is 23.8 Å². The normalized spacial score (nSPS) is 17.9. The number of hydrogen-bond acceptors (Lipinski definition) is 4. The molecular weight excluding hydrogens is 266 g/mol. The standard InChI is InChI=1S/C13H25NO4S/c1-13(2,3)10-19(16,17)14(9-12(15)18-4)11-7-5-6-8-11/h11H,5-10H2,1-4H3. The predicted molar refractivity (Wildman–Crippen MR) is 74.2 cm³/mol. The Morgan fingerprint density at radius 2 is 1.79 bits per heavy atom. The first-order chi connectivity index (χ1) is 8.65. The molecule has 19 heavy (non-hydrogen) atoms. The lowest BCUT2D eigenvalue weighted by Gasteiger charge is -2.30. The lowest BCUT2D eigenvalue weighted by molar-refractivity contribution is -0.141.